The van der Waals surface area contributed by atoms with Crippen molar-refractivity contribution in [2.24, 2.45) is 0 Å². The minimum atomic E-state index is -0.493. The van der Waals surface area contributed by atoms with E-state index in [1.807, 2.05) is 19.2 Å². The summed E-state index contributed by atoms with van der Waals surface area (Å²) in [4.78, 5) is 9.08. The van der Waals surface area contributed by atoms with Crippen LogP contribution in [0.5, 0.6) is 0 Å². The molecule has 31 heavy (non-hydrogen) atoms. The zero-order valence-electron chi connectivity index (χ0n) is 18.8. The van der Waals surface area contributed by atoms with Crippen molar-refractivity contribution in [2.75, 3.05) is 37.4 Å². The van der Waals surface area contributed by atoms with Crippen molar-refractivity contribution in [2.45, 2.75) is 39.3 Å². The molecule has 164 valence electrons. The third kappa shape index (κ3) is 3.80. The Hall–Kier alpha value is -2.87. The van der Waals surface area contributed by atoms with Crippen LogP contribution in [-0.4, -0.2) is 52.8 Å². The van der Waals surface area contributed by atoms with Crippen LogP contribution in [-0.2, 0) is 0 Å². The number of nitrogens with one attached hydrogen (secondary N) is 1. The average molecular weight is 427 g/mol. The van der Waals surface area contributed by atoms with E-state index in [0.29, 0.717) is 5.82 Å². The highest BCUT2D eigenvalue weighted by molar-refractivity contribution is 5.94. The van der Waals surface area contributed by atoms with Crippen molar-refractivity contribution in [3.8, 4) is 0 Å². The number of rotatable bonds is 5. The zero-order valence-corrected chi connectivity index (χ0v) is 18.8. The number of aromatic nitrogens is 3. The summed E-state index contributed by atoms with van der Waals surface area (Å²) in [5, 5.41) is 13.5. The number of pyridine rings is 1. The van der Waals surface area contributed by atoms with Crippen LogP contribution in [0.15, 0.2) is 24.4 Å². The predicted octanol–water partition coefficient (Wildman–Crippen LogP) is 4.23. The minimum Gasteiger partial charge on any atom is -0.361 e. The second-order valence-corrected chi connectivity index (χ2v) is 8.96. The van der Waals surface area contributed by atoms with Gasteiger partial charge in [-0.05, 0) is 65.6 Å². The standard InChI is InChI=1S/C23H28F2N6/c1-13-7-16(24)8-17(21(13)25)14(2)27-22-18-9-20(26-10-19(18)15(3)28-29-22)31-11-23(4,12-31)30(5)6/h7-10,14H,11-12H2,1-6H3,(H,27,29)/t14-/m1/s1. The van der Waals surface area contributed by atoms with Gasteiger partial charge < -0.3 is 15.1 Å². The van der Waals surface area contributed by atoms with Crippen LogP contribution < -0.4 is 10.2 Å². The molecule has 2 aromatic heterocycles. The van der Waals surface area contributed by atoms with Crippen molar-refractivity contribution in [3.05, 3.63) is 52.9 Å². The SMILES string of the molecule is Cc1cc(F)cc([C@@H](C)Nc2nnc(C)c3cnc(N4CC(C)(N(C)C)C4)cc23)c1F. The Morgan fingerprint density at radius 3 is 2.48 bits per heavy atom. The first-order valence-electron chi connectivity index (χ1n) is 10.4. The first-order chi connectivity index (χ1) is 14.6. The van der Waals surface area contributed by atoms with E-state index in [1.54, 1.807) is 13.8 Å². The molecule has 0 spiro atoms. The van der Waals surface area contributed by atoms with Crippen LogP contribution in [0.25, 0.3) is 10.8 Å². The van der Waals surface area contributed by atoms with Gasteiger partial charge in [0, 0.05) is 35.6 Å². The molecule has 6 nitrogen and oxygen atoms in total. The molecule has 1 aromatic carbocycles. The van der Waals surface area contributed by atoms with Crippen LogP contribution in [0, 0.1) is 25.5 Å². The van der Waals surface area contributed by atoms with Crippen LogP contribution in [0.1, 0.15) is 36.7 Å². The number of halogens is 2. The normalized spacial score (nSPS) is 16.5. The summed E-state index contributed by atoms with van der Waals surface area (Å²) < 4.78 is 28.5. The van der Waals surface area contributed by atoms with Crippen molar-refractivity contribution in [1.29, 1.82) is 0 Å². The highest BCUT2D eigenvalue weighted by Gasteiger charge is 2.41. The molecule has 0 amide bonds. The third-order valence-corrected chi connectivity index (χ3v) is 6.37. The van der Waals surface area contributed by atoms with Crippen molar-refractivity contribution in [3.63, 3.8) is 0 Å². The maximum absolute atomic E-state index is 14.6. The molecule has 0 aliphatic carbocycles. The van der Waals surface area contributed by atoms with Crippen LogP contribution >= 0.6 is 0 Å². The molecule has 1 aliphatic rings. The van der Waals surface area contributed by atoms with Gasteiger partial charge >= 0.3 is 0 Å². The maximum atomic E-state index is 14.6. The van der Waals surface area contributed by atoms with Gasteiger partial charge in [-0.25, -0.2) is 13.8 Å². The second kappa shape index (κ2) is 7.67. The molecule has 8 heteroatoms. The number of anilines is 2. The molecule has 1 atom stereocenters. The molecule has 1 N–H and O–H groups in total. The first-order valence-corrected chi connectivity index (χ1v) is 10.4. The Morgan fingerprint density at radius 1 is 1.10 bits per heavy atom. The molecule has 1 fully saturated rings. The molecule has 0 bridgehead atoms. The smallest absolute Gasteiger partial charge is 0.157 e. The highest BCUT2D eigenvalue weighted by Crippen LogP contribution is 2.34. The van der Waals surface area contributed by atoms with Gasteiger partial charge in [0.05, 0.1) is 17.3 Å². The van der Waals surface area contributed by atoms with Gasteiger partial charge in [0.1, 0.15) is 17.5 Å². The lowest BCUT2D eigenvalue weighted by atomic mass is 9.91. The van der Waals surface area contributed by atoms with E-state index in [-0.39, 0.29) is 16.7 Å². The lowest BCUT2D eigenvalue weighted by Crippen LogP contribution is -2.67. The summed E-state index contributed by atoms with van der Waals surface area (Å²) in [5.74, 6) is 0.504. The molecule has 0 radical (unpaired) electrons. The van der Waals surface area contributed by atoms with E-state index in [4.69, 9.17) is 0 Å². The molecular formula is C23H28F2N6. The van der Waals surface area contributed by atoms with E-state index < -0.39 is 17.7 Å². The fraction of sp³-hybridized carbons (Fsp3) is 0.435. The molecule has 1 aliphatic heterocycles. The minimum absolute atomic E-state index is 0.116. The molecule has 3 aromatic rings. The summed E-state index contributed by atoms with van der Waals surface area (Å²) in [6, 6.07) is 3.92. The van der Waals surface area contributed by atoms with Gasteiger partial charge in [-0.1, -0.05) is 0 Å². The van der Waals surface area contributed by atoms with Gasteiger partial charge in [-0.3, -0.25) is 0 Å². The zero-order chi connectivity index (χ0) is 22.5. The summed E-state index contributed by atoms with van der Waals surface area (Å²) in [6.45, 7) is 9.20. The van der Waals surface area contributed by atoms with Gasteiger partial charge in [-0.2, -0.15) is 5.10 Å². The fourth-order valence-corrected chi connectivity index (χ4v) is 4.01. The third-order valence-electron chi connectivity index (χ3n) is 6.37. The highest BCUT2D eigenvalue weighted by atomic mass is 19.1. The van der Waals surface area contributed by atoms with E-state index in [2.05, 4.69) is 51.3 Å². The van der Waals surface area contributed by atoms with Gasteiger partial charge in [-0.15, -0.1) is 5.10 Å². The second-order valence-electron chi connectivity index (χ2n) is 8.96. The molecule has 1 saturated heterocycles. The fourth-order valence-electron chi connectivity index (χ4n) is 4.01. The van der Waals surface area contributed by atoms with E-state index in [9.17, 15) is 8.78 Å². The largest absolute Gasteiger partial charge is 0.361 e. The number of aryl methyl sites for hydroxylation is 2. The van der Waals surface area contributed by atoms with Crippen molar-refractivity contribution >= 4 is 22.4 Å². The number of likely N-dealkylation sites (N-methyl/N-ethyl adjacent to an activating group) is 1. The van der Waals surface area contributed by atoms with Gasteiger partial charge in [0.15, 0.2) is 5.82 Å². The van der Waals surface area contributed by atoms with Gasteiger partial charge in [0.25, 0.3) is 0 Å². The van der Waals surface area contributed by atoms with Crippen molar-refractivity contribution < 1.29 is 8.78 Å². The lowest BCUT2D eigenvalue weighted by molar-refractivity contribution is 0.132. The number of fused-ring (bicyclic) bond motifs is 1. The number of hydrogen-bond donors (Lipinski definition) is 1. The summed E-state index contributed by atoms with van der Waals surface area (Å²) in [6.07, 6.45) is 1.81. The summed E-state index contributed by atoms with van der Waals surface area (Å²) >= 11 is 0. The molecule has 4 rings (SSSR count). The summed E-state index contributed by atoms with van der Waals surface area (Å²) in [7, 11) is 4.17. The Morgan fingerprint density at radius 2 is 1.81 bits per heavy atom. The van der Waals surface area contributed by atoms with E-state index in [0.717, 1.165) is 35.4 Å². The van der Waals surface area contributed by atoms with Crippen LogP contribution in [0.4, 0.5) is 20.4 Å². The van der Waals surface area contributed by atoms with Crippen LogP contribution in [0.3, 0.4) is 0 Å². The number of benzene rings is 1. The number of nitrogens with zero attached hydrogens (tertiary/aromatic N) is 5. The molecule has 3 heterocycles. The Balaban J connectivity index is 1.68. The van der Waals surface area contributed by atoms with E-state index >= 15 is 0 Å². The number of hydrogen-bond acceptors (Lipinski definition) is 6. The maximum Gasteiger partial charge on any atom is 0.157 e. The Kier molecular flexibility index (Phi) is 5.29. The molecule has 0 saturated carbocycles. The summed E-state index contributed by atoms with van der Waals surface area (Å²) in [5.41, 5.74) is 1.41. The van der Waals surface area contributed by atoms with Crippen LogP contribution in [0.2, 0.25) is 0 Å². The molecular weight excluding hydrogens is 398 g/mol. The molecule has 0 unspecified atom stereocenters. The first kappa shape index (κ1) is 21.4. The Labute approximate surface area is 181 Å². The average Bonchev–Trinajstić information content (AvgIpc) is 2.69. The lowest BCUT2D eigenvalue weighted by Gasteiger charge is -2.52. The predicted molar refractivity (Wildman–Crippen MR) is 120 cm³/mol. The van der Waals surface area contributed by atoms with Crippen molar-refractivity contribution in [1.82, 2.24) is 20.1 Å². The quantitative estimate of drug-likeness (QED) is 0.659. The van der Waals surface area contributed by atoms with Gasteiger partial charge in [0.2, 0.25) is 0 Å². The monoisotopic (exact) mass is 426 g/mol. The topological polar surface area (TPSA) is 57.2 Å². The van der Waals surface area contributed by atoms with E-state index in [1.165, 1.54) is 12.1 Å². The Bertz CT molecular complexity index is 1140.